The molecule has 1 aliphatic heterocycles. The summed E-state index contributed by atoms with van der Waals surface area (Å²) in [4.78, 5) is 32.2. The molecule has 1 amide bonds. The number of amides is 1. The molecule has 7 heteroatoms. The zero-order valence-corrected chi connectivity index (χ0v) is 16.8. The molecule has 4 aromatic rings. The first kappa shape index (κ1) is 19.1. The Balaban J connectivity index is 1.71. The van der Waals surface area contributed by atoms with Gasteiger partial charge < -0.3 is 5.11 Å². The molecule has 2 heterocycles. The largest absolute Gasteiger partial charge is 0.503 e. The molecule has 0 bridgehead atoms. The number of carbonyl (C=O) groups is 2. The van der Waals surface area contributed by atoms with E-state index in [0.717, 1.165) is 4.70 Å². The van der Waals surface area contributed by atoms with Gasteiger partial charge in [0.15, 0.2) is 16.7 Å². The number of nitrogens with zero attached hydrogens (tertiary/aromatic N) is 2. The van der Waals surface area contributed by atoms with E-state index in [4.69, 9.17) is 0 Å². The predicted octanol–water partition coefficient (Wildman–Crippen LogP) is 5.22. The highest BCUT2D eigenvalue weighted by Crippen LogP contribution is 2.44. The lowest BCUT2D eigenvalue weighted by Gasteiger charge is -2.24. The maximum absolute atomic E-state index is 14.9. The van der Waals surface area contributed by atoms with E-state index in [1.54, 1.807) is 42.5 Å². The van der Waals surface area contributed by atoms with Crippen LogP contribution >= 0.6 is 11.3 Å². The molecule has 5 rings (SSSR count). The Kier molecular flexibility index (Phi) is 4.60. The smallest absolute Gasteiger partial charge is 0.296 e. The van der Waals surface area contributed by atoms with Crippen molar-refractivity contribution in [3.8, 4) is 0 Å². The summed E-state index contributed by atoms with van der Waals surface area (Å²) in [5, 5.41) is 11.0. The summed E-state index contributed by atoms with van der Waals surface area (Å²) in [6, 6.07) is 20.4. The van der Waals surface area contributed by atoms with Gasteiger partial charge in [-0.2, -0.15) is 0 Å². The predicted molar refractivity (Wildman–Crippen MR) is 117 cm³/mol. The third kappa shape index (κ3) is 3.10. The normalized spacial score (nSPS) is 16.4. The number of Topliss-reactive ketones (excluding diaryl/α,β-unsaturated/α-hetero) is 1. The van der Waals surface area contributed by atoms with E-state index in [1.165, 1.54) is 34.4 Å². The monoisotopic (exact) mass is 430 g/mol. The number of aliphatic hydroxyl groups is 1. The molecule has 5 nitrogen and oxygen atoms in total. The second kappa shape index (κ2) is 7.45. The summed E-state index contributed by atoms with van der Waals surface area (Å²) in [6.07, 6.45) is 0. The van der Waals surface area contributed by atoms with Crippen molar-refractivity contribution in [1.82, 2.24) is 4.98 Å². The van der Waals surface area contributed by atoms with Gasteiger partial charge in [0.2, 0.25) is 0 Å². The molecule has 31 heavy (non-hydrogen) atoms. The molecule has 1 N–H and O–H groups in total. The number of halogens is 1. The fourth-order valence-corrected chi connectivity index (χ4v) is 4.73. The molecule has 152 valence electrons. The van der Waals surface area contributed by atoms with Crippen molar-refractivity contribution in [2.24, 2.45) is 0 Å². The highest BCUT2D eigenvalue weighted by Gasteiger charge is 2.46. The van der Waals surface area contributed by atoms with Gasteiger partial charge in [0, 0.05) is 11.1 Å². The van der Waals surface area contributed by atoms with Crippen molar-refractivity contribution < 1.29 is 19.1 Å². The second-order valence-electron chi connectivity index (χ2n) is 7.02. The lowest BCUT2D eigenvalue weighted by molar-refractivity contribution is -0.117. The number of rotatable bonds is 4. The number of para-hydroxylation sites is 1. The van der Waals surface area contributed by atoms with Crippen LogP contribution in [0.5, 0.6) is 0 Å². The Morgan fingerprint density at radius 2 is 1.65 bits per heavy atom. The van der Waals surface area contributed by atoms with Crippen molar-refractivity contribution in [2.45, 2.75) is 6.04 Å². The molecule has 1 atom stereocenters. The van der Waals surface area contributed by atoms with Crippen LogP contribution in [0, 0.1) is 5.82 Å². The van der Waals surface area contributed by atoms with Crippen LogP contribution in [0.4, 0.5) is 9.52 Å². The Morgan fingerprint density at radius 3 is 2.39 bits per heavy atom. The van der Waals surface area contributed by atoms with Crippen LogP contribution in [0.15, 0.2) is 90.2 Å². The molecule has 0 saturated carbocycles. The quantitative estimate of drug-likeness (QED) is 0.451. The maximum atomic E-state index is 14.9. The van der Waals surface area contributed by atoms with Crippen molar-refractivity contribution in [3.63, 3.8) is 0 Å². The highest BCUT2D eigenvalue weighted by molar-refractivity contribution is 7.22. The summed E-state index contributed by atoms with van der Waals surface area (Å²) in [5.74, 6) is -2.60. The van der Waals surface area contributed by atoms with Crippen molar-refractivity contribution in [3.05, 3.63) is 107 Å². The van der Waals surface area contributed by atoms with E-state index in [1.807, 2.05) is 18.2 Å². The van der Waals surface area contributed by atoms with Crippen molar-refractivity contribution >= 4 is 38.4 Å². The maximum Gasteiger partial charge on any atom is 0.296 e. The number of ketones is 1. The lowest BCUT2D eigenvalue weighted by atomic mass is 9.92. The molecule has 0 fully saturated rings. The zero-order valence-electron chi connectivity index (χ0n) is 16.0. The van der Waals surface area contributed by atoms with E-state index < -0.39 is 29.3 Å². The van der Waals surface area contributed by atoms with Crippen molar-refractivity contribution in [2.75, 3.05) is 4.90 Å². The van der Waals surface area contributed by atoms with Crippen LogP contribution in [-0.2, 0) is 4.79 Å². The molecular weight excluding hydrogens is 415 g/mol. The van der Waals surface area contributed by atoms with Crippen LogP contribution in [0.1, 0.15) is 22.0 Å². The summed E-state index contributed by atoms with van der Waals surface area (Å²) < 4.78 is 15.7. The fourth-order valence-electron chi connectivity index (χ4n) is 3.73. The minimum atomic E-state index is -1.14. The average Bonchev–Trinajstić information content (AvgIpc) is 3.33. The first-order chi connectivity index (χ1) is 15.1. The Labute approximate surface area is 180 Å². The first-order valence-corrected chi connectivity index (χ1v) is 10.3. The summed E-state index contributed by atoms with van der Waals surface area (Å²) in [5.41, 5.74) is 0.910. The van der Waals surface area contributed by atoms with Crippen LogP contribution in [0.2, 0.25) is 0 Å². The van der Waals surface area contributed by atoms with Crippen LogP contribution in [-0.4, -0.2) is 21.8 Å². The average molecular weight is 430 g/mol. The molecule has 0 radical (unpaired) electrons. The van der Waals surface area contributed by atoms with Gasteiger partial charge in [-0.15, -0.1) is 0 Å². The van der Waals surface area contributed by atoms with E-state index in [0.29, 0.717) is 11.1 Å². The highest BCUT2D eigenvalue weighted by atomic mass is 32.1. The molecule has 0 spiro atoms. The molecule has 3 aromatic carbocycles. The molecular formula is C24H15FN2O3S. The first-order valence-electron chi connectivity index (χ1n) is 9.52. The van der Waals surface area contributed by atoms with Gasteiger partial charge in [-0.3, -0.25) is 14.5 Å². The lowest BCUT2D eigenvalue weighted by Crippen LogP contribution is -2.31. The Bertz CT molecular complexity index is 1330. The van der Waals surface area contributed by atoms with Gasteiger partial charge in [0.25, 0.3) is 5.91 Å². The fraction of sp³-hybridized carbons (Fsp3) is 0.0417. The molecule has 0 aliphatic carbocycles. The topological polar surface area (TPSA) is 70.5 Å². The van der Waals surface area contributed by atoms with E-state index in [-0.39, 0.29) is 16.3 Å². The SMILES string of the molecule is O=C(C1=C(O)C(=O)N(c2nc3ccccc3s2)C1c1ccccc1F)c1ccccc1. The van der Waals surface area contributed by atoms with Crippen molar-refractivity contribution in [1.29, 1.82) is 0 Å². The van der Waals surface area contributed by atoms with E-state index in [9.17, 15) is 19.1 Å². The van der Waals surface area contributed by atoms with Gasteiger partial charge in [-0.25, -0.2) is 9.37 Å². The summed E-state index contributed by atoms with van der Waals surface area (Å²) in [6.45, 7) is 0. The molecule has 1 aromatic heterocycles. The minimum absolute atomic E-state index is 0.110. The summed E-state index contributed by atoms with van der Waals surface area (Å²) in [7, 11) is 0. The molecule has 0 saturated heterocycles. The van der Waals surface area contributed by atoms with E-state index >= 15 is 0 Å². The zero-order chi connectivity index (χ0) is 21.5. The third-order valence-electron chi connectivity index (χ3n) is 5.18. The van der Waals surface area contributed by atoms with Crippen LogP contribution in [0.25, 0.3) is 10.2 Å². The number of aromatic nitrogens is 1. The number of thiazole rings is 1. The van der Waals surface area contributed by atoms with Gasteiger partial charge in [-0.05, 0) is 18.2 Å². The number of anilines is 1. The Morgan fingerprint density at radius 1 is 0.968 bits per heavy atom. The number of aliphatic hydroxyl groups excluding tert-OH is 1. The molecule has 1 aliphatic rings. The van der Waals surface area contributed by atoms with Gasteiger partial charge in [0.05, 0.1) is 15.8 Å². The van der Waals surface area contributed by atoms with Crippen LogP contribution in [0.3, 0.4) is 0 Å². The third-order valence-corrected chi connectivity index (χ3v) is 6.21. The number of carbonyl (C=O) groups excluding carboxylic acids is 2. The minimum Gasteiger partial charge on any atom is -0.503 e. The number of hydrogen-bond donors (Lipinski definition) is 1. The number of fused-ring (bicyclic) bond motifs is 1. The second-order valence-corrected chi connectivity index (χ2v) is 8.03. The standard InChI is InChI=1S/C24H15FN2O3S/c25-16-11-5-4-10-15(16)20-19(21(28)14-8-2-1-3-9-14)22(29)23(30)27(20)24-26-17-12-6-7-13-18(17)31-24/h1-13,20,29H. The van der Waals surface area contributed by atoms with E-state index in [2.05, 4.69) is 4.98 Å². The number of hydrogen-bond acceptors (Lipinski definition) is 5. The van der Waals surface area contributed by atoms with Gasteiger partial charge >= 0.3 is 0 Å². The summed E-state index contributed by atoms with van der Waals surface area (Å²) >= 11 is 1.24. The number of benzene rings is 3. The van der Waals surface area contributed by atoms with Gasteiger partial charge in [-0.1, -0.05) is 72.0 Å². The van der Waals surface area contributed by atoms with Gasteiger partial charge in [0.1, 0.15) is 11.9 Å². The van der Waals surface area contributed by atoms with Crippen LogP contribution < -0.4 is 4.90 Å². The molecule has 1 unspecified atom stereocenters. The Hall–Kier alpha value is -3.84.